The molecule has 0 bridgehead atoms. The lowest BCUT2D eigenvalue weighted by molar-refractivity contribution is 1.44. The first-order valence-electron chi connectivity index (χ1n) is 7.83. The van der Waals surface area contributed by atoms with Crippen molar-refractivity contribution in [3.63, 3.8) is 0 Å². The van der Waals surface area contributed by atoms with Gasteiger partial charge in [-0.15, -0.1) is 0 Å². The summed E-state index contributed by atoms with van der Waals surface area (Å²) in [7, 11) is 0. The quantitative estimate of drug-likeness (QED) is 0.477. The van der Waals surface area contributed by atoms with Crippen molar-refractivity contribution in [1.82, 2.24) is 4.98 Å². The van der Waals surface area contributed by atoms with Crippen molar-refractivity contribution < 1.29 is 0 Å². The number of hydrogen-bond acceptors (Lipinski definition) is 2. The lowest BCUT2D eigenvalue weighted by Gasteiger charge is -2.14. The van der Waals surface area contributed by atoms with Crippen LogP contribution in [0.1, 0.15) is 11.1 Å². The molecule has 3 aromatic carbocycles. The zero-order valence-corrected chi connectivity index (χ0v) is 13.3. The molecule has 0 fully saturated rings. The minimum atomic E-state index is 1.01. The molecule has 0 aliphatic rings. The van der Waals surface area contributed by atoms with E-state index in [1.165, 1.54) is 11.1 Å². The molecular formula is C21H18N2. The third kappa shape index (κ3) is 2.53. The molecule has 1 N–H and O–H groups in total. The predicted molar refractivity (Wildman–Crippen MR) is 98.4 cm³/mol. The maximum Gasteiger partial charge on any atom is 0.0730 e. The zero-order chi connectivity index (χ0) is 15.8. The number of para-hydroxylation sites is 1. The Hall–Kier alpha value is -2.87. The average Bonchev–Trinajstić information content (AvgIpc) is 2.57. The molecule has 4 rings (SSSR count). The second kappa shape index (κ2) is 5.40. The molecule has 0 aliphatic carbocycles. The lowest BCUT2D eigenvalue weighted by Crippen LogP contribution is -1.95. The van der Waals surface area contributed by atoms with Crippen molar-refractivity contribution >= 4 is 33.2 Å². The van der Waals surface area contributed by atoms with E-state index in [4.69, 9.17) is 4.98 Å². The molecule has 0 atom stereocenters. The number of fused-ring (bicyclic) bond motifs is 2. The molecule has 4 aromatic rings. The summed E-state index contributed by atoms with van der Waals surface area (Å²) in [6, 6.07) is 23.2. The van der Waals surface area contributed by atoms with Crippen LogP contribution in [0.25, 0.3) is 21.8 Å². The second-order valence-electron chi connectivity index (χ2n) is 6.02. The number of nitrogens with one attached hydrogen (secondary N) is 1. The Morgan fingerprint density at radius 3 is 2.22 bits per heavy atom. The number of rotatable bonds is 2. The van der Waals surface area contributed by atoms with Crippen LogP contribution in [-0.2, 0) is 0 Å². The van der Waals surface area contributed by atoms with Gasteiger partial charge in [0.05, 0.1) is 16.7 Å². The summed E-state index contributed by atoms with van der Waals surface area (Å²) < 4.78 is 0. The van der Waals surface area contributed by atoms with Crippen molar-refractivity contribution in [2.24, 2.45) is 0 Å². The van der Waals surface area contributed by atoms with E-state index in [-0.39, 0.29) is 0 Å². The van der Waals surface area contributed by atoms with E-state index in [0.717, 1.165) is 33.2 Å². The highest BCUT2D eigenvalue weighted by Crippen LogP contribution is 2.33. The number of benzene rings is 3. The van der Waals surface area contributed by atoms with E-state index in [2.05, 4.69) is 79.8 Å². The smallest absolute Gasteiger partial charge is 0.0730 e. The van der Waals surface area contributed by atoms with Crippen molar-refractivity contribution in [3.05, 3.63) is 77.9 Å². The largest absolute Gasteiger partial charge is 0.354 e. The maximum absolute atomic E-state index is 4.80. The number of anilines is 2. The van der Waals surface area contributed by atoms with E-state index in [1.54, 1.807) is 0 Å². The summed E-state index contributed by atoms with van der Waals surface area (Å²) in [5.41, 5.74) is 6.74. The van der Waals surface area contributed by atoms with Gasteiger partial charge in [-0.25, -0.2) is 4.98 Å². The number of nitrogens with zero attached hydrogens (tertiary/aromatic N) is 1. The Balaban J connectivity index is 1.99. The highest BCUT2D eigenvalue weighted by Gasteiger charge is 2.09. The molecule has 2 heteroatoms. The first kappa shape index (κ1) is 13.8. The van der Waals surface area contributed by atoms with Gasteiger partial charge in [0.1, 0.15) is 0 Å². The van der Waals surface area contributed by atoms with E-state index in [9.17, 15) is 0 Å². The fourth-order valence-electron chi connectivity index (χ4n) is 2.92. The number of pyridine rings is 1. The molecule has 1 heterocycles. The van der Waals surface area contributed by atoms with Crippen molar-refractivity contribution in [2.45, 2.75) is 13.8 Å². The van der Waals surface area contributed by atoms with Crippen molar-refractivity contribution in [2.75, 3.05) is 5.32 Å². The van der Waals surface area contributed by atoms with Gasteiger partial charge in [0.15, 0.2) is 0 Å². The fraction of sp³-hybridized carbons (Fsp3) is 0.0952. The van der Waals surface area contributed by atoms with Crippen LogP contribution >= 0.6 is 0 Å². The first-order chi connectivity index (χ1) is 11.2. The summed E-state index contributed by atoms with van der Waals surface area (Å²) >= 11 is 0. The molecule has 1 aromatic heterocycles. The maximum atomic E-state index is 4.80. The van der Waals surface area contributed by atoms with E-state index in [0.29, 0.717) is 0 Å². The number of aryl methyl sites for hydroxylation is 2. The van der Waals surface area contributed by atoms with E-state index < -0.39 is 0 Å². The van der Waals surface area contributed by atoms with Crippen LogP contribution in [0.4, 0.5) is 11.4 Å². The topological polar surface area (TPSA) is 24.9 Å². The molecule has 0 unspecified atom stereocenters. The summed E-state index contributed by atoms with van der Waals surface area (Å²) in [4.78, 5) is 4.80. The van der Waals surface area contributed by atoms with Gasteiger partial charge in [-0.05, 0) is 44.2 Å². The predicted octanol–water partition coefficient (Wildman–Crippen LogP) is 5.75. The SMILES string of the molecule is Cc1ccc(Nc2c3ccccc3nc3ccc(C)cc23)cc1. The first-order valence-corrected chi connectivity index (χ1v) is 7.83. The van der Waals surface area contributed by atoms with Crippen molar-refractivity contribution in [1.29, 1.82) is 0 Å². The lowest BCUT2D eigenvalue weighted by atomic mass is 10.1. The molecule has 0 saturated carbocycles. The highest BCUT2D eigenvalue weighted by molar-refractivity contribution is 6.08. The van der Waals surface area contributed by atoms with Gasteiger partial charge in [-0.1, -0.05) is 47.5 Å². The second-order valence-corrected chi connectivity index (χ2v) is 6.02. The standard InChI is InChI=1S/C21H18N2/c1-14-7-10-16(11-8-14)22-21-17-5-3-4-6-19(17)23-20-12-9-15(2)13-18(20)21/h3-13H,1-2H3,(H,22,23). The average molecular weight is 298 g/mol. The summed E-state index contributed by atoms with van der Waals surface area (Å²) in [5, 5.41) is 5.91. The van der Waals surface area contributed by atoms with Crippen LogP contribution in [0.2, 0.25) is 0 Å². The Bertz CT molecular complexity index is 1000. The third-order valence-corrected chi connectivity index (χ3v) is 4.16. The highest BCUT2D eigenvalue weighted by atomic mass is 14.9. The number of aromatic nitrogens is 1. The summed E-state index contributed by atoms with van der Waals surface area (Å²) in [6.45, 7) is 4.22. The van der Waals surface area contributed by atoms with Gasteiger partial charge in [0.2, 0.25) is 0 Å². The molecule has 0 saturated heterocycles. The van der Waals surface area contributed by atoms with Gasteiger partial charge < -0.3 is 5.32 Å². The van der Waals surface area contributed by atoms with Crippen LogP contribution in [0.5, 0.6) is 0 Å². The van der Waals surface area contributed by atoms with Gasteiger partial charge in [0.25, 0.3) is 0 Å². The normalized spacial score (nSPS) is 11.0. The van der Waals surface area contributed by atoms with Crippen LogP contribution < -0.4 is 5.32 Å². The molecule has 0 amide bonds. The Kier molecular flexibility index (Phi) is 3.23. The molecule has 0 aliphatic heterocycles. The molecule has 2 nitrogen and oxygen atoms in total. The summed E-state index contributed by atoms with van der Waals surface area (Å²) in [5.74, 6) is 0. The number of hydrogen-bond donors (Lipinski definition) is 1. The van der Waals surface area contributed by atoms with Gasteiger partial charge in [-0.3, -0.25) is 0 Å². The van der Waals surface area contributed by atoms with Crippen LogP contribution in [-0.4, -0.2) is 4.98 Å². The fourth-order valence-corrected chi connectivity index (χ4v) is 2.92. The minimum absolute atomic E-state index is 1.01. The molecular weight excluding hydrogens is 280 g/mol. The Morgan fingerprint density at radius 1 is 0.696 bits per heavy atom. The van der Waals surface area contributed by atoms with Gasteiger partial charge in [-0.2, -0.15) is 0 Å². The summed E-state index contributed by atoms with van der Waals surface area (Å²) in [6.07, 6.45) is 0. The van der Waals surface area contributed by atoms with Crippen LogP contribution in [0.3, 0.4) is 0 Å². The van der Waals surface area contributed by atoms with Gasteiger partial charge in [0, 0.05) is 16.5 Å². The monoisotopic (exact) mass is 298 g/mol. The Labute approximate surface area is 135 Å². The van der Waals surface area contributed by atoms with E-state index in [1.807, 2.05) is 6.07 Å². The van der Waals surface area contributed by atoms with E-state index >= 15 is 0 Å². The van der Waals surface area contributed by atoms with Crippen LogP contribution in [0, 0.1) is 13.8 Å². The van der Waals surface area contributed by atoms with Crippen LogP contribution in [0.15, 0.2) is 66.7 Å². The molecule has 23 heavy (non-hydrogen) atoms. The zero-order valence-electron chi connectivity index (χ0n) is 13.3. The van der Waals surface area contributed by atoms with Crippen molar-refractivity contribution in [3.8, 4) is 0 Å². The third-order valence-electron chi connectivity index (χ3n) is 4.16. The van der Waals surface area contributed by atoms with Gasteiger partial charge >= 0.3 is 0 Å². The molecule has 0 radical (unpaired) electrons. The molecule has 0 spiro atoms. The minimum Gasteiger partial charge on any atom is -0.354 e. The Morgan fingerprint density at radius 2 is 1.39 bits per heavy atom. The molecule has 112 valence electrons.